The lowest BCUT2D eigenvalue weighted by Crippen LogP contribution is -2.35. The van der Waals surface area contributed by atoms with Crippen LogP contribution in [-0.2, 0) is 30.7 Å². The molecule has 1 saturated carbocycles. The number of carbonyl (C=O) groups excluding carboxylic acids is 1. The van der Waals surface area contributed by atoms with E-state index >= 15 is 8.78 Å². The minimum atomic E-state index is -3.45. The van der Waals surface area contributed by atoms with E-state index in [-0.39, 0.29) is 35.4 Å². The highest BCUT2D eigenvalue weighted by atomic mass is 35.5. The first-order chi connectivity index (χ1) is 24.0. The summed E-state index contributed by atoms with van der Waals surface area (Å²) in [5.74, 6) is -2.53. The summed E-state index contributed by atoms with van der Waals surface area (Å²) in [6.07, 6.45) is -1.75. The highest BCUT2D eigenvalue weighted by Gasteiger charge is 2.67. The molecule has 0 spiro atoms. The topological polar surface area (TPSA) is 97.9 Å². The Morgan fingerprint density at radius 3 is 2.51 bits per heavy atom. The van der Waals surface area contributed by atoms with E-state index in [4.69, 9.17) is 16.6 Å². The first-order valence-corrected chi connectivity index (χ1v) is 16.3. The molecule has 264 valence electrons. The fourth-order valence-corrected chi connectivity index (χ4v) is 7.06. The lowest BCUT2D eigenvalue weighted by molar-refractivity contribution is -0.123. The van der Waals surface area contributed by atoms with Gasteiger partial charge in [0.2, 0.25) is 5.91 Å². The average molecular weight is 727 g/mol. The van der Waals surface area contributed by atoms with E-state index in [0.29, 0.717) is 37.8 Å². The van der Waals surface area contributed by atoms with Crippen molar-refractivity contribution in [1.29, 1.82) is 0 Å². The molecule has 0 bridgehead atoms. The fourth-order valence-electron chi connectivity index (χ4n) is 6.86. The lowest BCUT2D eigenvalue weighted by Gasteiger charge is -2.23. The van der Waals surface area contributed by atoms with E-state index in [1.807, 2.05) is 0 Å². The van der Waals surface area contributed by atoms with Crippen LogP contribution in [0.2, 0.25) is 5.02 Å². The standard InChI is InChI=1S/C36H29ClF6N6O2/c1-35(2,51)9-8-20-4-5-21(22-6-7-26(37)24-15-44-48(3)32(22)24)30(45-20)27(12-17-10-18(38)13-19(39)11-17)46-28(50)16-49-33-29(31(47-49)34(40)41)23-14-25(23)36(33,42)43/h4-7,10-11,13,15,23,25,27,34,51H,12,14,16H2,1-3H3,(H,46,50)/t23-,25+,27?/m0/s1. The molecule has 2 N–H and O–H groups in total. The summed E-state index contributed by atoms with van der Waals surface area (Å²) in [4.78, 5) is 18.5. The molecule has 51 heavy (non-hydrogen) atoms. The van der Waals surface area contributed by atoms with Gasteiger partial charge in [-0.25, -0.2) is 22.5 Å². The first kappa shape index (κ1) is 34.6. The number of benzene rings is 2. The van der Waals surface area contributed by atoms with Gasteiger partial charge in [0.15, 0.2) is 0 Å². The van der Waals surface area contributed by atoms with Crippen molar-refractivity contribution in [3.63, 3.8) is 0 Å². The van der Waals surface area contributed by atoms with Crippen LogP contribution in [0.3, 0.4) is 0 Å². The number of hydrogen-bond donors (Lipinski definition) is 2. The number of rotatable bonds is 8. The van der Waals surface area contributed by atoms with Crippen LogP contribution in [0, 0.1) is 29.4 Å². The summed E-state index contributed by atoms with van der Waals surface area (Å²) >= 11 is 6.47. The quantitative estimate of drug-likeness (QED) is 0.131. The van der Waals surface area contributed by atoms with Crippen LogP contribution in [0.15, 0.2) is 48.7 Å². The highest BCUT2D eigenvalue weighted by molar-refractivity contribution is 6.35. The molecule has 3 aromatic heterocycles. The van der Waals surface area contributed by atoms with Gasteiger partial charge in [-0.2, -0.15) is 19.0 Å². The van der Waals surface area contributed by atoms with Gasteiger partial charge < -0.3 is 10.4 Å². The maximum atomic E-state index is 15.3. The minimum Gasteiger partial charge on any atom is -0.378 e. The van der Waals surface area contributed by atoms with Crippen LogP contribution in [0.4, 0.5) is 26.3 Å². The summed E-state index contributed by atoms with van der Waals surface area (Å²) in [5.41, 5.74) is -1.07. The molecule has 2 aliphatic rings. The van der Waals surface area contributed by atoms with Gasteiger partial charge in [0, 0.05) is 41.1 Å². The van der Waals surface area contributed by atoms with E-state index < -0.39 is 71.3 Å². The van der Waals surface area contributed by atoms with Crippen LogP contribution in [0.1, 0.15) is 72.6 Å². The Bertz CT molecular complexity index is 2270. The first-order valence-electron chi connectivity index (χ1n) is 15.9. The fraction of sp³-hybridized carbons (Fsp3) is 0.333. The molecule has 0 aliphatic heterocycles. The van der Waals surface area contributed by atoms with Crippen molar-refractivity contribution in [3.8, 4) is 23.0 Å². The Labute approximate surface area is 292 Å². The number of nitrogens with zero attached hydrogens (tertiary/aromatic N) is 5. The molecule has 1 unspecified atom stereocenters. The third-order valence-corrected chi connectivity index (χ3v) is 9.38. The second-order valence-electron chi connectivity index (χ2n) is 13.3. The molecule has 2 aromatic carbocycles. The number of pyridine rings is 1. The molecule has 0 radical (unpaired) electrons. The molecule has 3 heterocycles. The van der Waals surface area contributed by atoms with E-state index in [1.165, 1.54) is 13.8 Å². The predicted octanol–water partition coefficient (Wildman–Crippen LogP) is 7.13. The number of fused-ring (bicyclic) bond motifs is 4. The van der Waals surface area contributed by atoms with Crippen LogP contribution < -0.4 is 5.32 Å². The number of aliphatic hydroxyl groups is 1. The molecule has 2 aliphatic carbocycles. The zero-order valence-corrected chi connectivity index (χ0v) is 28.0. The SMILES string of the molecule is Cn1ncc2c(Cl)ccc(-c3ccc(C#CC(C)(C)O)nc3C(Cc3cc(F)cc(F)c3)NC(=O)Cn3nc(C(F)F)c4c3C(F)(F)[C@@H]3C[C@H]43)c21. The molecular formula is C36H29ClF6N6O2. The summed E-state index contributed by atoms with van der Waals surface area (Å²) in [6.45, 7) is 2.10. The molecular weight excluding hydrogens is 698 g/mol. The van der Waals surface area contributed by atoms with Gasteiger partial charge >= 0.3 is 0 Å². The lowest BCUT2D eigenvalue weighted by atomic mass is 9.93. The second-order valence-corrected chi connectivity index (χ2v) is 13.8. The van der Waals surface area contributed by atoms with Gasteiger partial charge in [-0.05, 0) is 74.4 Å². The van der Waals surface area contributed by atoms with E-state index in [0.717, 1.165) is 12.1 Å². The average Bonchev–Trinajstić information content (AvgIpc) is 3.53. The normalized spacial score (nSPS) is 18.0. The molecule has 3 atom stereocenters. The minimum absolute atomic E-state index is 0.0552. The Balaban J connectivity index is 1.35. The van der Waals surface area contributed by atoms with Crippen LogP contribution in [0.25, 0.3) is 22.0 Å². The summed E-state index contributed by atoms with van der Waals surface area (Å²) < 4.78 is 89.5. The van der Waals surface area contributed by atoms with Crippen LogP contribution >= 0.6 is 11.6 Å². The number of alkyl halides is 4. The van der Waals surface area contributed by atoms with Crippen molar-refractivity contribution >= 4 is 28.4 Å². The van der Waals surface area contributed by atoms with Crippen molar-refractivity contribution in [2.75, 3.05) is 0 Å². The maximum Gasteiger partial charge on any atom is 0.293 e. The third kappa shape index (κ3) is 6.45. The molecule has 5 aromatic rings. The van der Waals surface area contributed by atoms with Crippen LogP contribution in [0.5, 0.6) is 0 Å². The van der Waals surface area contributed by atoms with Gasteiger partial charge in [-0.15, -0.1) is 0 Å². The monoisotopic (exact) mass is 726 g/mol. The Kier molecular flexibility index (Phi) is 8.42. The number of carbonyl (C=O) groups is 1. The zero-order valence-electron chi connectivity index (χ0n) is 27.3. The molecule has 15 heteroatoms. The second kappa shape index (κ2) is 12.4. The number of halogens is 7. The number of nitrogens with one attached hydrogen (secondary N) is 1. The number of aryl methyl sites for hydroxylation is 1. The molecule has 1 fully saturated rings. The van der Waals surface area contributed by atoms with Crippen molar-refractivity contribution in [2.45, 2.75) is 63.1 Å². The molecule has 8 nitrogen and oxygen atoms in total. The van der Waals surface area contributed by atoms with Gasteiger partial charge in [-0.3, -0.25) is 14.2 Å². The molecule has 1 amide bonds. The summed E-state index contributed by atoms with van der Waals surface area (Å²) in [5, 5.41) is 22.1. The summed E-state index contributed by atoms with van der Waals surface area (Å²) in [7, 11) is 1.70. The van der Waals surface area contributed by atoms with Gasteiger partial charge in [-0.1, -0.05) is 23.6 Å². The van der Waals surface area contributed by atoms with E-state index in [1.54, 1.807) is 42.2 Å². The number of hydrogen-bond acceptors (Lipinski definition) is 5. The molecule has 7 rings (SSSR count). The summed E-state index contributed by atoms with van der Waals surface area (Å²) in [6, 6.07) is 8.25. The smallest absolute Gasteiger partial charge is 0.293 e. The van der Waals surface area contributed by atoms with Crippen LogP contribution in [-0.4, -0.2) is 41.2 Å². The predicted molar refractivity (Wildman–Crippen MR) is 175 cm³/mol. The molecule has 0 saturated heterocycles. The zero-order chi connectivity index (χ0) is 36.6. The third-order valence-electron chi connectivity index (χ3n) is 9.05. The Morgan fingerprint density at radius 1 is 1.12 bits per heavy atom. The Hall–Kier alpha value is -4.87. The maximum absolute atomic E-state index is 15.3. The van der Waals surface area contributed by atoms with Crippen molar-refractivity contribution in [3.05, 3.63) is 99.2 Å². The Morgan fingerprint density at radius 2 is 1.82 bits per heavy atom. The van der Waals surface area contributed by atoms with E-state index in [2.05, 4.69) is 27.4 Å². The number of aromatic nitrogens is 5. The number of amides is 1. The van der Waals surface area contributed by atoms with Gasteiger partial charge in [0.05, 0.1) is 28.5 Å². The van der Waals surface area contributed by atoms with Gasteiger partial charge in [0.25, 0.3) is 12.3 Å². The van der Waals surface area contributed by atoms with Crippen molar-refractivity contribution in [2.24, 2.45) is 13.0 Å². The van der Waals surface area contributed by atoms with E-state index in [9.17, 15) is 27.5 Å². The van der Waals surface area contributed by atoms with Gasteiger partial charge in [0.1, 0.15) is 40.9 Å². The van der Waals surface area contributed by atoms with Crippen molar-refractivity contribution < 1.29 is 36.2 Å². The highest BCUT2D eigenvalue weighted by Crippen LogP contribution is 2.68. The van der Waals surface area contributed by atoms with Crippen molar-refractivity contribution in [1.82, 2.24) is 29.9 Å². The largest absolute Gasteiger partial charge is 0.378 e.